The summed E-state index contributed by atoms with van der Waals surface area (Å²) in [6.45, 7) is 18.0. The molecule has 0 aromatic heterocycles. The van der Waals surface area contributed by atoms with E-state index in [0.29, 0.717) is 25.2 Å². The molecule has 4 rings (SSSR count). The molecule has 1 atom stereocenters. The highest BCUT2D eigenvalue weighted by atomic mass is 16.7. The number of ether oxygens (including phenoxy) is 4. The first-order valence-electron chi connectivity index (χ1n) is 12.3. The van der Waals surface area contributed by atoms with Crippen LogP contribution < -0.4 is 14.2 Å². The van der Waals surface area contributed by atoms with Crippen LogP contribution in [0.3, 0.4) is 0 Å². The van der Waals surface area contributed by atoms with Crippen LogP contribution in [0.1, 0.15) is 83.6 Å². The number of phenolic OH excluding ortho intramolecular Hbond substituents is 1. The number of carbonyl (C=O) groups is 1. The number of hydrogen-bond donors (Lipinski definition) is 1. The van der Waals surface area contributed by atoms with Crippen LogP contribution in [0.25, 0.3) is 0 Å². The number of benzene rings is 2. The molecule has 0 amide bonds. The molecule has 6 nitrogen and oxygen atoms in total. The van der Waals surface area contributed by atoms with Crippen LogP contribution in [-0.4, -0.2) is 29.1 Å². The van der Waals surface area contributed by atoms with Crippen molar-refractivity contribution in [2.75, 3.05) is 6.61 Å². The maximum atomic E-state index is 12.4. The maximum Gasteiger partial charge on any atom is 0.349 e. The largest absolute Gasteiger partial charge is 0.508 e. The standard InChI is InChI=1S/C29H38O6/c1-10-32-25(31)28(8,9)33-22-14-20-24(12-18(22)3)35-29(16-27(20,6)7)15-26(4,5)19-13-21(30)17(2)11-23(19)34-29/h11-14,30H,10,15-16H2,1-9H3/t29-/m0/s1. The minimum absolute atomic E-state index is 0.256. The zero-order valence-electron chi connectivity index (χ0n) is 22.4. The Labute approximate surface area is 208 Å². The number of phenols is 1. The van der Waals surface area contributed by atoms with Crippen LogP contribution in [0.4, 0.5) is 0 Å². The van der Waals surface area contributed by atoms with Gasteiger partial charge in [0, 0.05) is 34.8 Å². The lowest BCUT2D eigenvalue weighted by Crippen LogP contribution is -2.55. The minimum Gasteiger partial charge on any atom is -0.508 e. The van der Waals surface area contributed by atoms with Crippen molar-refractivity contribution in [1.82, 2.24) is 0 Å². The van der Waals surface area contributed by atoms with Gasteiger partial charge in [-0.05, 0) is 70.0 Å². The number of aryl methyl sites for hydroxylation is 2. The molecule has 35 heavy (non-hydrogen) atoms. The number of rotatable bonds is 4. The first-order chi connectivity index (χ1) is 16.1. The first kappa shape index (κ1) is 25.2. The maximum absolute atomic E-state index is 12.4. The second-order valence-corrected chi connectivity index (χ2v) is 11.8. The third kappa shape index (κ3) is 4.43. The Morgan fingerprint density at radius 2 is 1.46 bits per heavy atom. The fraction of sp³-hybridized carbons (Fsp3) is 0.552. The lowest BCUT2D eigenvalue weighted by molar-refractivity contribution is -0.166. The van der Waals surface area contributed by atoms with Gasteiger partial charge in [0.1, 0.15) is 23.0 Å². The fourth-order valence-corrected chi connectivity index (χ4v) is 5.46. The second-order valence-electron chi connectivity index (χ2n) is 11.8. The molecule has 2 aromatic rings. The van der Waals surface area contributed by atoms with Gasteiger partial charge in [0.2, 0.25) is 0 Å². The summed E-state index contributed by atoms with van der Waals surface area (Å²) in [6.07, 6.45) is 1.28. The van der Waals surface area contributed by atoms with Gasteiger partial charge >= 0.3 is 5.97 Å². The second kappa shape index (κ2) is 8.07. The number of esters is 1. The molecule has 1 N–H and O–H groups in total. The Balaban J connectivity index is 1.72. The molecule has 2 aromatic carbocycles. The fourth-order valence-electron chi connectivity index (χ4n) is 5.46. The van der Waals surface area contributed by atoms with E-state index in [1.54, 1.807) is 20.8 Å². The summed E-state index contributed by atoms with van der Waals surface area (Å²) in [5.74, 6) is 1.19. The molecule has 2 aliphatic rings. The van der Waals surface area contributed by atoms with E-state index in [4.69, 9.17) is 18.9 Å². The summed E-state index contributed by atoms with van der Waals surface area (Å²) in [4.78, 5) is 12.4. The molecule has 0 saturated carbocycles. The molecule has 0 bridgehead atoms. The number of aromatic hydroxyl groups is 1. The Morgan fingerprint density at radius 3 is 2.00 bits per heavy atom. The lowest BCUT2D eigenvalue weighted by Gasteiger charge is -2.51. The Hall–Kier alpha value is -2.89. The van der Waals surface area contributed by atoms with Crippen molar-refractivity contribution in [3.05, 3.63) is 46.5 Å². The van der Waals surface area contributed by atoms with Gasteiger partial charge in [-0.15, -0.1) is 0 Å². The summed E-state index contributed by atoms with van der Waals surface area (Å²) in [5, 5.41) is 10.3. The van der Waals surface area contributed by atoms with E-state index >= 15 is 0 Å². The number of carbonyl (C=O) groups excluding carboxylic acids is 1. The van der Waals surface area contributed by atoms with Crippen molar-refractivity contribution >= 4 is 5.97 Å². The normalized spacial score (nSPS) is 21.9. The third-order valence-corrected chi connectivity index (χ3v) is 7.18. The van der Waals surface area contributed by atoms with Gasteiger partial charge in [-0.25, -0.2) is 4.79 Å². The van der Waals surface area contributed by atoms with Crippen molar-refractivity contribution in [1.29, 1.82) is 0 Å². The molecular formula is C29H38O6. The molecule has 1 spiro atoms. The average molecular weight is 483 g/mol. The van der Waals surface area contributed by atoms with E-state index in [9.17, 15) is 9.90 Å². The van der Waals surface area contributed by atoms with Crippen molar-refractivity contribution < 1.29 is 28.8 Å². The molecule has 190 valence electrons. The van der Waals surface area contributed by atoms with Crippen molar-refractivity contribution in [2.24, 2.45) is 0 Å². The van der Waals surface area contributed by atoms with Crippen molar-refractivity contribution in [2.45, 2.75) is 97.4 Å². The zero-order valence-corrected chi connectivity index (χ0v) is 22.4. The van der Waals surface area contributed by atoms with Gasteiger partial charge in [0.25, 0.3) is 5.79 Å². The molecule has 0 saturated heterocycles. The van der Waals surface area contributed by atoms with Crippen LogP contribution in [-0.2, 0) is 20.4 Å². The summed E-state index contributed by atoms with van der Waals surface area (Å²) in [7, 11) is 0. The van der Waals surface area contributed by atoms with E-state index in [2.05, 4.69) is 27.7 Å². The number of hydrogen-bond acceptors (Lipinski definition) is 6. The third-order valence-electron chi connectivity index (χ3n) is 7.18. The van der Waals surface area contributed by atoms with Gasteiger partial charge in [0.15, 0.2) is 5.60 Å². The van der Waals surface area contributed by atoms with Crippen LogP contribution in [0, 0.1) is 13.8 Å². The zero-order chi connectivity index (χ0) is 26.0. The SMILES string of the molecule is CCOC(=O)C(C)(C)Oc1cc2c(cc1C)O[C@@]1(CC(C)(C)c3cc(O)c(C)cc3O1)CC2(C)C. The van der Waals surface area contributed by atoms with E-state index < -0.39 is 17.4 Å². The smallest absolute Gasteiger partial charge is 0.349 e. The molecule has 0 unspecified atom stereocenters. The predicted molar refractivity (Wildman–Crippen MR) is 135 cm³/mol. The number of fused-ring (bicyclic) bond motifs is 2. The van der Waals surface area contributed by atoms with Crippen LogP contribution in [0.5, 0.6) is 23.0 Å². The molecular weight excluding hydrogens is 444 g/mol. The molecule has 6 heteroatoms. The van der Waals surface area contributed by atoms with E-state index in [1.165, 1.54) is 0 Å². The Kier molecular flexibility index (Phi) is 5.81. The first-order valence-corrected chi connectivity index (χ1v) is 12.3. The quantitative estimate of drug-likeness (QED) is 0.520. The molecule has 0 aliphatic carbocycles. The molecule has 2 heterocycles. The summed E-state index contributed by atoms with van der Waals surface area (Å²) < 4.78 is 24.6. The summed E-state index contributed by atoms with van der Waals surface area (Å²) in [6, 6.07) is 7.68. The Bertz CT molecular complexity index is 1180. The summed E-state index contributed by atoms with van der Waals surface area (Å²) >= 11 is 0. The van der Waals surface area contributed by atoms with Crippen molar-refractivity contribution in [3.8, 4) is 23.0 Å². The monoisotopic (exact) mass is 482 g/mol. The highest BCUT2D eigenvalue weighted by Crippen LogP contribution is 2.55. The lowest BCUT2D eigenvalue weighted by atomic mass is 9.69. The van der Waals surface area contributed by atoms with E-state index in [-0.39, 0.29) is 16.6 Å². The highest BCUT2D eigenvalue weighted by Gasteiger charge is 2.53. The minimum atomic E-state index is -1.11. The van der Waals surface area contributed by atoms with Gasteiger partial charge in [-0.1, -0.05) is 27.7 Å². The van der Waals surface area contributed by atoms with Gasteiger partial charge in [0.05, 0.1) is 6.61 Å². The van der Waals surface area contributed by atoms with E-state index in [0.717, 1.165) is 33.8 Å². The van der Waals surface area contributed by atoms with Gasteiger partial charge in [-0.3, -0.25) is 0 Å². The van der Waals surface area contributed by atoms with Crippen LogP contribution in [0.2, 0.25) is 0 Å². The van der Waals surface area contributed by atoms with E-state index in [1.807, 2.05) is 38.1 Å². The van der Waals surface area contributed by atoms with Crippen LogP contribution >= 0.6 is 0 Å². The van der Waals surface area contributed by atoms with Gasteiger partial charge < -0.3 is 24.1 Å². The topological polar surface area (TPSA) is 74.2 Å². The molecule has 2 aliphatic heterocycles. The highest BCUT2D eigenvalue weighted by molar-refractivity contribution is 5.79. The summed E-state index contributed by atoms with van der Waals surface area (Å²) in [5.41, 5.74) is 1.98. The van der Waals surface area contributed by atoms with Crippen molar-refractivity contribution in [3.63, 3.8) is 0 Å². The Morgan fingerprint density at radius 1 is 0.943 bits per heavy atom. The van der Waals surface area contributed by atoms with Crippen LogP contribution in [0.15, 0.2) is 24.3 Å². The molecule has 0 fully saturated rings. The predicted octanol–water partition coefficient (Wildman–Crippen LogP) is 6.25. The molecule has 0 radical (unpaired) electrons. The van der Waals surface area contributed by atoms with Gasteiger partial charge in [-0.2, -0.15) is 0 Å². The average Bonchev–Trinajstić information content (AvgIpc) is 2.70.